The number of likely N-dealkylation sites (N-methyl/N-ethyl adjacent to an activating group) is 1. The van der Waals surface area contributed by atoms with Crippen LogP contribution in [-0.2, 0) is 4.79 Å². The molecular weight excluding hydrogens is 228 g/mol. The second-order valence-corrected chi connectivity index (χ2v) is 4.50. The van der Waals surface area contributed by atoms with Crippen LogP contribution >= 0.6 is 0 Å². The first-order valence-electron chi connectivity index (χ1n) is 6.34. The molecule has 5 heteroatoms. The summed E-state index contributed by atoms with van der Waals surface area (Å²) in [5.74, 6) is 1.10. The maximum Gasteiger partial charge on any atom is 0.236 e. The molecular formula is C13H20N4O. The van der Waals surface area contributed by atoms with Crippen LogP contribution in [0.3, 0.4) is 0 Å². The number of aromatic nitrogens is 1. The van der Waals surface area contributed by atoms with Crippen LogP contribution < -0.4 is 10.2 Å². The van der Waals surface area contributed by atoms with Gasteiger partial charge in [0.05, 0.1) is 6.04 Å². The lowest BCUT2D eigenvalue weighted by atomic mass is 10.2. The number of carbonyl (C=O) groups excluding carboxylic acids is 1. The van der Waals surface area contributed by atoms with E-state index >= 15 is 0 Å². The maximum absolute atomic E-state index is 11.6. The third-order valence-electron chi connectivity index (χ3n) is 3.46. The molecule has 2 rings (SSSR count). The Kier molecular flexibility index (Phi) is 4.15. The molecule has 1 N–H and O–H groups in total. The average molecular weight is 248 g/mol. The largest absolute Gasteiger partial charge is 0.358 e. The van der Waals surface area contributed by atoms with Gasteiger partial charge in [0.15, 0.2) is 0 Å². The summed E-state index contributed by atoms with van der Waals surface area (Å²) in [6.45, 7) is 5.57. The van der Waals surface area contributed by atoms with Gasteiger partial charge in [-0.2, -0.15) is 0 Å². The highest BCUT2D eigenvalue weighted by Gasteiger charge is 2.25. The molecule has 0 aliphatic carbocycles. The van der Waals surface area contributed by atoms with Crippen LogP contribution in [0.4, 0.5) is 5.82 Å². The summed E-state index contributed by atoms with van der Waals surface area (Å²) in [5.41, 5.74) is 0. The van der Waals surface area contributed by atoms with E-state index in [4.69, 9.17) is 0 Å². The number of nitrogens with zero attached hydrogens (tertiary/aromatic N) is 3. The standard InChI is InChI=1S/C13H20N4O/c1-11(13(18)14-2)16-7-9-17(10-8-16)12-5-3-4-6-15-12/h3-6,11H,7-10H2,1-2H3,(H,14,18)/t11-/m0/s1. The van der Waals surface area contributed by atoms with Gasteiger partial charge in [0.1, 0.15) is 5.82 Å². The van der Waals surface area contributed by atoms with Gasteiger partial charge in [0.2, 0.25) is 5.91 Å². The van der Waals surface area contributed by atoms with Gasteiger partial charge in [0, 0.05) is 39.4 Å². The van der Waals surface area contributed by atoms with Crippen molar-refractivity contribution in [2.45, 2.75) is 13.0 Å². The Morgan fingerprint density at radius 2 is 2.06 bits per heavy atom. The minimum absolute atomic E-state index is 0.0547. The number of anilines is 1. The Bertz CT molecular complexity index is 387. The molecule has 1 aliphatic heterocycles. The summed E-state index contributed by atoms with van der Waals surface area (Å²) >= 11 is 0. The Morgan fingerprint density at radius 3 is 2.61 bits per heavy atom. The topological polar surface area (TPSA) is 48.5 Å². The predicted octanol–water partition coefficient (Wildman–Crippen LogP) is 0.338. The van der Waals surface area contributed by atoms with E-state index in [0.29, 0.717) is 0 Å². The molecule has 1 aromatic heterocycles. The monoisotopic (exact) mass is 248 g/mol. The summed E-state index contributed by atoms with van der Waals surface area (Å²) in [7, 11) is 1.68. The molecule has 2 heterocycles. The molecule has 0 saturated carbocycles. The van der Waals surface area contributed by atoms with Crippen LogP contribution in [0.1, 0.15) is 6.92 Å². The van der Waals surface area contributed by atoms with Crippen molar-refractivity contribution >= 4 is 11.7 Å². The molecule has 1 atom stereocenters. The second-order valence-electron chi connectivity index (χ2n) is 4.50. The van der Waals surface area contributed by atoms with Gasteiger partial charge in [-0.3, -0.25) is 9.69 Å². The van der Waals surface area contributed by atoms with E-state index in [-0.39, 0.29) is 11.9 Å². The Labute approximate surface area is 108 Å². The minimum atomic E-state index is -0.0547. The maximum atomic E-state index is 11.6. The lowest BCUT2D eigenvalue weighted by Crippen LogP contribution is -2.53. The quantitative estimate of drug-likeness (QED) is 0.838. The SMILES string of the molecule is CNC(=O)[C@H](C)N1CCN(c2ccccn2)CC1. The van der Waals surface area contributed by atoms with Crippen molar-refractivity contribution in [2.24, 2.45) is 0 Å². The van der Waals surface area contributed by atoms with Crippen LogP contribution in [0.5, 0.6) is 0 Å². The van der Waals surface area contributed by atoms with Gasteiger partial charge < -0.3 is 10.2 Å². The number of hydrogen-bond acceptors (Lipinski definition) is 4. The molecule has 18 heavy (non-hydrogen) atoms. The van der Waals surface area contributed by atoms with E-state index in [1.54, 1.807) is 7.05 Å². The van der Waals surface area contributed by atoms with Crippen molar-refractivity contribution < 1.29 is 4.79 Å². The normalized spacial score (nSPS) is 18.4. The van der Waals surface area contributed by atoms with E-state index in [2.05, 4.69) is 20.1 Å². The number of carbonyl (C=O) groups is 1. The van der Waals surface area contributed by atoms with Crippen molar-refractivity contribution in [3.8, 4) is 0 Å². The number of amides is 1. The zero-order valence-electron chi connectivity index (χ0n) is 11.0. The molecule has 0 radical (unpaired) electrons. The smallest absolute Gasteiger partial charge is 0.236 e. The van der Waals surface area contributed by atoms with Crippen molar-refractivity contribution in [3.63, 3.8) is 0 Å². The van der Waals surface area contributed by atoms with Crippen molar-refractivity contribution in [1.82, 2.24) is 15.2 Å². The highest BCUT2D eigenvalue weighted by Crippen LogP contribution is 2.13. The Hall–Kier alpha value is -1.62. The van der Waals surface area contributed by atoms with E-state index in [0.717, 1.165) is 32.0 Å². The van der Waals surface area contributed by atoms with Crippen molar-refractivity contribution in [1.29, 1.82) is 0 Å². The van der Waals surface area contributed by atoms with Gasteiger partial charge in [-0.15, -0.1) is 0 Å². The van der Waals surface area contributed by atoms with Crippen LogP contribution in [0.25, 0.3) is 0 Å². The van der Waals surface area contributed by atoms with Gasteiger partial charge in [0.25, 0.3) is 0 Å². The summed E-state index contributed by atoms with van der Waals surface area (Å²) in [6, 6.07) is 5.90. The molecule has 1 aromatic rings. The number of hydrogen-bond donors (Lipinski definition) is 1. The van der Waals surface area contributed by atoms with Crippen LogP contribution in [0.2, 0.25) is 0 Å². The summed E-state index contributed by atoms with van der Waals surface area (Å²) in [6.07, 6.45) is 1.81. The highest BCUT2D eigenvalue weighted by atomic mass is 16.2. The van der Waals surface area contributed by atoms with Gasteiger partial charge in [-0.25, -0.2) is 4.98 Å². The minimum Gasteiger partial charge on any atom is -0.358 e. The molecule has 0 unspecified atom stereocenters. The molecule has 1 amide bonds. The van der Waals surface area contributed by atoms with E-state index in [1.807, 2.05) is 31.3 Å². The third-order valence-corrected chi connectivity index (χ3v) is 3.46. The molecule has 0 aromatic carbocycles. The van der Waals surface area contributed by atoms with E-state index in [1.165, 1.54) is 0 Å². The van der Waals surface area contributed by atoms with Crippen LogP contribution in [-0.4, -0.2) is 55.1 Å². The van der Waals surface area contributed by atoms with Crippen molar-refractivity contribution in [3.05, 3.63) is 24.4 Å². The number of nitrogens with one attached hydrogen (secondary N) is 1. The summed E-state index contributed by atoms with van der Waals surface area (Å²) in [5, 5.41) is 2.70. The summed E-state index contributed by atoms with van der Waals surface area (Å²) < 4.78 is 0. The lowest BCUT2D eigenvalue weighted by Gasteiger charge is -2.37. The Morgan fingerprint density at radius 1 is 1.33 bits per heavy atom. The fourth-order valence-corrected chi connectivity index (χ4v) is 2.25. The summed E-state index contributed by atoms with van der Waals surface area (Å²) in [4.78, 5) is 20.4. The molecule has 1 saturated heterocycles. The van der Waals surface area contributed by atoms with Crippen LogP contribution in [0, 0.1) is 0 Å². The number of piperazine rings is 1. The Balaban J connectivity index is 1.90. The van der Waals surface area contributed by atoms with Crippen LogP contribution in [0.15, 0.2) is 24.4 Å². The fraction of sp³-hybridized carbons (Fsp3) is 0.538. The molecule has 1 aliphatic rings. The zero-order chi connectivity index (χ0) is 13.0. The first-order valence-corrected chi connectivity index (χ1v) is 6.34. The molecule has 1 fully saturated rings. The van der Waals surface area contributed by atoms with Gasteiger partial charge in [-0.05, 0) is 19.1 Å². The first-order chi connectivity index (χ1) is 8.72. The lowest BCUT2D eigenvalue weighted by molar-refractivity contribution is -0.125. The molecule has 0 spiro atoms. The fourth-order valence-electron chi connectivity index (χ4n) is 2.25. The predicted molar refractivity (Wildman–Crippen MR) is 71.6 cm³/mol. The molecule has 5 nitrogen and oxygen atoms in total. The number of pyridine rings is 1. The van der Waals surface area contributed by atoms with Gasteiger partial charge in [-0.1, -0.05) is 6.07 Å². The number of rotatable bonds is 3. The third kappa shape index (κ3) is 2.79. The van der Waals surface area contributed by atoms with Crippen molar-refractivity contribution in [2.75, 3.05) is 38.1 Å². The second kappa shape index (κ2) is 5.82. The first kappa shape index (κ1) is 12.8. The highest BCUT2D eigenvalue weighted by molar-refractivity contribution is 5.81. The average Bonchev–Trinajstić information content (AvgIpc) is 2.47. The molecule has 0 bridgehead atoms. The zero-order valence-corrected chi connectivity index (χ0v) is 11.0. The van der Waals surface area contributed by atoms with E-state index in [9.17, 15) is 4.79 Å². The van der Waals surface area contributed by atoms with Gasteiger partial charge >= 0.3 is 0 Å². The molecule has 98 valence electrons. The van der Waals surface area contributed by atoms with E-state index < -0.39 is 0 Å².